The summed E-state index contributed by atoms with van der Waals surface area (Å²) in [6.45, 7) is 1.98. The molecular weight excluding hydrogens is 418 g/mol. The molecule has 0 radical (unpaired) electrons. The molecule has 0 unspecified atom stereocenters. The van der Waals surface area contributed by atoms with E-state index in [2.05, 4.69) is 31.8 Å². The molecule has 0 bridgehead atoms. The van der Waals surface area contributed by atoms with Gasteiger partial charge in [-0.1, -0.05) is 0 Å². The Morgan fingerprint density at radius 2 is 1.85 bits per heavy atom. The highest BCUT2D eigenvalue weighted by atomic mass is 16.5. The van der Waals surface area contributed by atoms with Crippen LogP contribution in [0.3, 0.4) is 0 Å². The minimum atomic E-state index is -0.243. The van der Waals surface area contributed by atoms with Crippen LogP contribution in [0.1, 0.15) is 23.2 Å². The summed E-state index contributed by atoms with van der Waals surface area (Å²) in [5, 5.41) is 17.4. The normalized spacial score (nSPS) is 14.8. The summed E-state index contributed by atoms with van der Waals surface area (Å²) in [6.07, 6.45) is 6.11. The number of carbonyl (C=O) groups excluding carboxylic acids is 1. The Balaban J connectivity index is 1.47. The molecular formula is C24H29N7O2. The number of ether oxygens (including phenoxy) is 1. The molecule has 1 amide bonds. The highest BCUT2D eigenvalue weighted by Crippen LogP contribution is 2.34. The summed E-state index contributed by atoms with van der Waals surface area (Å²) < 4.78 is 9.01. The van der Waals surface area contributed by atoms with Gasteiger partial charge in [-0.25, -0.2) is 0 Å². The van der Waals surface area contributed by atoms with Crippen molar-refractivity contribution in [3.63, 3.8) is 0 Å². The highest BCUT2D eigenvalue weighted by molar-refractivity contribution is 6.12. The first kappa shape index (κ1) is 21.3. The average molecular weight is 448 g/mol. The molecule has 2 aromatic carbocycles. The van der Waals surface area contributed by atoms with Crippen LogP contribution in [0.25, 0.3) is 21.8 Å². The minimum absolute atomic E-state index is 0.243. The summed E-state index contributed by atoms with van der Waals surface area (Å²) in [5.74, 6) is 0.243. The van der Waals surface area contributed by atoms with Crippen LogP contribution in [0.2, 0.25) is 0 Å². The molecule has 3 heterocycles. The van der Waals surface area contributed by atoms with Crippen LogP contribution < -0.4 is 20.3 Å². The van der Waals surface area contributed by atoms with Gasteiger partial charge in [-0.3, -0.25) is 14.2 Å². The van der Waals surface area contributed by atoms with Crippen molar-refractivity contribution in [2.45, 2.75) is 18.9 Å². The lowest BCUT2D eigenvalue weighted by Gasteiger charge is -2.34. The van der Waals surface area contributed by atoms with Gasteiger partial charge in [0.2, 0.25) is 0 Å². The molecule has 33 heavy (non-hydrogen) atoms. The van der Waals surface area contributed by atoms with Crippen molar-refractivity contribution in [1.29, 1.82) is 0 Å². The first-order valence-electron chi connectivity index (χ1n) is 11.2. The Labute approximate surface area is 192 Å². The molecule has 0 atom stereocenters. The third-order valence-electron chi connectivity index (χ3n) is 6.44. The third kappa shape index (κ3) is 3.89. The second-order valence-electron chi connectivity index (χ2n) is 8.62. The van der Waals surface area contributed by atoms with Crippen LogP contribution in [-0.2, 0) is 14.1 Å². The molecule has 1 saturated heterocycles. The van der Waals surface area contributed by atoms with Crippen LogP contribution in [0.15, 0.2) is 36.7 Å². The second kappa shape index (κ2) is 8.40. The fourth-order valence-corrected chi connectivity index (χ4v) is 4.70. The van der Waals surface area contributed by atoms with E-state index in [0.29, 0.717) is 23.0 Å². The summed E-state index contributed by atoms with van der Waals surface area (Å²) in [6, 6.07) is 8.20. The minimum Gasteiger partial charge on any atom is -0.496 e. The zero-order valence-electron chi connectivity index (χ0n) is 19.4. The van der Waals surface area contributed by atoms with Crippen LogP contribution >= 0.6 is 0 Å². The lowest BCUT2D eigenvalue weighted by Crippen LogP contribution is -2.41. The quantitative estimate of drug-likeness (QED) is 0.489. The molecule has 1 aliphatic heterocycles. The number of hydrogen-bond acceptors (Lipinski definition) is 6. The maximum absolute atomic E-state index is 13.3. The molecule has 2 N–H and O–H groups in total. The molecule has 1 fully saturated rings. The standard InChI is InChI=1S/C24H29N7O2/c1-25-16-7-9-31(10-8-16)21-6-5-19(23-18(21)14-30(3)28-23)26-24(32)17-11-15-13-29(2)27-20(15)12-22(17)33-4/h5-6,11-14,16,25H,7-10H2,1-4H3,(H,26,32). The van der Waals surface area contributed by atoms with Crippen LogP contribution in [0.5, 0.6) is 5.75 Å². The van der Waals surface area contributed by atoms with Crippen LogP contribution in [-0.4, -0.2) is 58.8 Å². The van der Waals surface area contributed by atoms with Crippen LogP contribution in [0.4, 0.5) is 11.4 Å². The Hall–Kier alpha value is -3.59. The fourth-order valence-electron chi connectivity index (χ4n) is 4.70. The van der Waals surface area contributed by atoms with Crippen molar-refractivity contribution in [2.24, 2.45) is 14.1 Å². The van der Waals surface area contributed by atoms with E-state index in [1.54, 1.807) is 22.5 Å². The van der Waals surface area contributed by atoms with Crippen molar-refractivity contribution < 1.29 is 9.53 Å². The van der Waals surface area contributed by atoms with Crippen LogP contribution in [0, 0.1) is 0 Å². The number of carbonyl (C=O) groups is 1. The van der Waals surface area contributed by atoms with Gasteiger partial charge < -0.3 is 20.3 Å². The first-order valence-corrected chi connectivity index (χ1v) is 11.2. The first-order chi connectivity index (χ1) is 16.0. The molecule has 9 nitrogen and oxygen atoms in total. The van der Waals surface area contributed by atoms with Gasteiger partial charge in [0.05, 0.1) is 23.9 Å². The van der Waals surface area contributed by atoms with E-state index in [1.807, 2.05) is 45.7 Å². The van der Waals surface area contributed by atoms with E-state index in [4.69, 9.17) is 4.74 Å². The number of fused-ring (bicyclic) bond motifs is 2. The Kier molecular flexibility index (Phi) is 5.41. The van der Waals surface area contributed by atoms with Gasteiger partial charge in [0.25, 0.3) is 5.91 Å². The topological polar surface area (TPSA) is 89.2 Å². The molecule has 0 aliphatic carbocycles. The van der Waals surface area contributed by atoms with Gasteiger partial charge in [0.1, 0.15) is 11.3 Å². The number of amides is 1. The predicted octanol–water partition coefficient (Wildman–Crippen LogP) is 2.91. The number of benzene rings is 2. The number of aryl methyl sites for hydroxylation is 2. The number of hydrogen-bond donors (Lipinski definition) is 2. The summed E-state index contributed by atoms with van der Waals surface area (Å²) in [4.78, 5) is 15.7. The SMILES string of the molecule is CNC1CCN(c2ccc(NC(=O)c3cc4cn(C)nc4cc3OC)c3nn(C)cc23)CC1. The van der Waals surface area contributed by atoms with Crippen molar-refractivity contribution in [3.05, 3.63) is 42.2 Å². The van der Waals surface area contributed by atoms with Crippen molar-refractivity contribution in [2.75, 3.05) is 37.5 Å². The fraction of sp³-hybridized carbons (Fsp3) is 0.375. The monoisotopic (exact) mass is 447 g/mol. The summed E-state index contributed by atoms with van der Waals surface area (Å²) >= 11 is 0. The van der Waals surface area contributed by atoms with Crippen molar-refractivity contribution >= 4 is 39.1 Å². The smallest absolute Gasteiger partial charge is 0.259 e. The lowest BCUT2D eigenvalue weighted by molar-refractivity contribution is 0.102. The average Bonchev–Trinajstić information content (AvgIpc) is 3.39. The highest BCUT2D eigenvalue weighted by Gasteiger charge is 2.22. The molecule has 1 aliphatic rings. The summed E-state index contributed by atoms with van der Waals surface area (Å²) in [5.41, 5.74) is 3.85. The predicted molar refractivity (Wildman–Crippen MR) is 130 cm³/mol. The number of rotatable bonds is 5. The van der Waals surface area contributed by atoms with E-state index >= 15 is 0 Å². The van der Waals surface area contributed by atoms with Gasteiger partial charge in [-0.2, -0.15) is 10.2 Å². The Morgan fingerprint density at radius 1 is 1.09 bits per heavy atom. The molecule has 0 saturated carbocycles. The number of aromatic nitrogens is 4. The largest absolute Gasteiger partial charge is 0.496 e. The number of methoxy groups -OCH3 is 1. The number of anilines is 2. The van der Waals surface area contributed by atoms with E-state index < -0.39 is 0 Å². The van der Waals surface area contributed by atoms with Gasteiger partial charge in [-0.15, -0.1) is 0 Å². The van der Waals surface area contributed by atoms with Gasteiger partial charge in [0, 0.05) is 68.1 Å². The third-order valence-corrected chi connectivity index (χ3v) is 6.44. The van der Waals surface area contributed by atoms with E-state index in [9.17, 15) is 4.79 Å². The van der Waals surface area contributed by atoms with Gasteiger partial charge in [-0.05, 0) is 38.1 Å². The molecule has 4 aromatic rings. The molecule has 9 heteroatoms. The lowest BCUT2D eigenvalue weighted by atomic mass is 10.0. The van der Waals surface area contributed by atoms with Crippen molar-refractivity contribution in [3.8, 4) is 5.75 Å². The maximum Gasteiger partial charge on any atom is 0.259 e. The second-order valence-corrected chi connectivity index (χ2v) is 8.62. The Morgan fingerprint density at radius 3 is 2.58 bits per heavy atom. The zero-order chi connectivity index (χ0) is 23.1. The summed E-state index contributed by atoms with van der Waals surface area (Å²) in [7, 11) is 7.34. The molecule has 2 aromatic heterocycles. The zero-order valence-corrected chi connectivity index (χ0v) is 19.4. The van der Waals surface area contributed by atoms with Gasteiger partial charge >= 0.3 is 0 Å². The molecule has 5 rings (SSSR count). The Bertz CT molecular complexity index is 1330. The van der Waals surface area contributed by atoms with Gasteiger partial charge in [0.15, 0.2) is 0 Å². The number of nitrogens with one attached hydrogen (secondary N) is 2. The molecule has 0 spiro atoms. The maximum atomic E-state index is 13.3. The van der Waals surface area contributed by atoms with E-state index in [-0.39, 0.29) is 5.91 Å². The number of nitrogens with zero attached hydrogens (tertiary/aromatic N) is 5. The van der Waals surface area contributed by atoms with Crippen molar-refractivity contribution in [1.82, 2.24) is 24.9 Å². The molecule has 172 valence electrons. The van der Waals surface area contributed by atoms with E-state index in [0.717, 1.165) is 53.4 Å². The number of piperidine rings is 1. The van der Waals surface area contributed by atoms with E-state index in [1.165, 1.54) is 0 Å².